The maximum Gasteiger partial charge on any atom is 0.273 e. The minimum atomic E-state index is -0.452. The molecule has 0 fully saturated rings. The number of nitrogens with zero attached hydrogens (tertiary/aromatic N) is 2. The Morgan fingerprint density at radius 3 is 3.06 bits per heavy atom. The fraction of sp³-hybridized carbons (Fsp3) is 0.250. The van der Waals surface area contributed by atoms with Gasteiger partial charge in [-0.25, -0.2) is 9.37 Å². The number of oxazole rings is 1. The maximum absolute atomic E-state index is 13.3. The molecule has 2 aromatic rings. The van der Waals surface area contributed by atoms with Crippen molar-refractivity contribution in [2.75, 3.05) is 0 Å². The van der Waals surface area contributed by atoms with Gasteiger partial charge in [-0.05, 0) is 12.1 Å². The van der Waals surface area contributed by atoms with Crippen LogP contribution in [0.1, 0.15) is 29.0 Å². The molecule has 0 aliphatic rings. The van der Waals surface area contributed by atoms with Crippen molar-refractivity contribution in [2.24, 2.45) is 0 Å². The van der Waals surface area contributed by atoms with E-state index in [1.54, 1.807) is 0 Å². The Morgan fingerprint density at radius 2 is 2.39 bits per heavy atom. The maximum atomic E-state index is 13.3. The number of amides is 1. The summed E-state index contributed by atoms with van der Waals surface area (Å²) in [4.78, 5) is 19.5. The number of carbonyl (C=O) groups excluding carboxylic acids is 1. The van der Waals surface area contributed by atoms with Gasteiger partial charge in [-0.1, -0.05) is 6.92 Å². The lowest BCUT2D eigenvalue weighted by molar-refractivity contribution is 0.0945. The molecule has 18 heavy (non-hydrogen) atoms. The Labute approximate surface area is 103 Å². The highest BCUT2D eigenvalue weighted by Crippen LogP contribution is 2.04. The van der Waals surface area contributed by atoms with Crippen molar-refractivity contribution >= 4 is 5.91 Å². The lowest BCUT2D eigenvalue weighted by atomic mass is 10.3. The minimum absolute atomic E-state index is 0.0137. The molecule has 0 saturated carbocycles. The number of aromatic nitrogens is 2. The predicted molar refractivity (Wildman–Crippen MR) is 61.2 cm³/mol. The van der Waals surface area contributed by atoms with Gasteiger partial charge in [-0.15, -0.1) is 0 Å². The Morgan fingerprint density at radius 1 is 1.56 bits per heavy atom. The Kier molecular flexibility index (Phi) is 3.66. The Hall–Kier alpha value is -2.24. The van der Waals surface area contributed by atoms with Crippen molar-refractivity contribution in [3.05, 3.63) is 47.7 Å². The van der Waals surface area contributed by atoms with Crippen LogP contribution in [0.4, 0.5) is 4.39 Å². The van der Waals surface area contributed by atoms with Crippen LogP contribution >= 0.6 is 0 Å². The second-order valence-electron chi connectivity index (χ2n) is 3.59. The zero-order valence-corrected chi connectivity index (χ0v) is 9.81. The van der Waals surface area contributed by atoms with Crippen LogP contribution in [0.5, 0.6) is 0 Å². The van der Waals surface area contributed by atoms with Crippen molar-refractivity contribution < 1.29 is 13.6 Å². The molecule has 2 rings (SSSR count). The smallest absolute Gasteiger partial charge is 0.273 e. The van der Waals surface area contributed by atoms with Gasteiger partial charge in [0.25, 0.3) is 5.91 Å². The number of pyridine rings is 1. The van der Waals surface area contributed by atoms with E-state index in [4.69, 9.17) is 4.42 Å². The molecule has 0 unspecified atom stereocenters. The van der Waals surface area contributed by atoms with E-state index in [-0.39, 0.29) is 17.9 Å². The molecule has 0 aromatic carbocycles. The number of nitrogens with one attached hydrogen (secondary N) is 1. The van der Waals surface area contributed by atoms with Crippen LogP contribution in [-0.2, 0) is 13.0 Å². The quantitative estimate of drug-likeness (QED) is 0.895. The lowest BCUT2D eigenvalue weighted by Crippen LogP contribution is -2.24. The number of hydrogen-bond acceptors (Lipinski definition) is 4. The van der Waals surface area contributed by atoms with Gasteiger partial charge in [0, 0.05) is 12.6 Å². The van der Waals surface area contributed by atoms with Crippen molar-refractivity contribution in [3.63, 3.8) is 0 Å². The molecule has 0 bridgehead atoms. The molecule has 2 heterocycles. The third-order valence-electron chi connectivity index (χ3n) is 2.34. The number of aryl methyl sites for hydroxylation is 1. The molecule has 1 amide bonds. The third-order valence-corrected chi connectivity index (χ3v) is 2.34. The normalized spacial score (nSPS) is 10.3. The van der Waals surface area contributed by atoms with E-state index in [0.29, 0.717) is 12.3 Å². The molecule has 0 aliphatic carbocycles. The first-order chi connectivity index (χ1) is 8.70. The fourth-order valence-corrected chi connectivity index (χ4v) is 1.38. The molecule has 5 nitrogen and oxygen atoms in total. The SMILES string of the molecule is CCc1nc(C(=O)NCc2ncccc2F)co1. The molecule has 2 aromatic heterocycles. The monoisotopic (exact) mass is 249 g/mol. The number of halogens is 1. The summed E-state index contributed by atoms with van der Waals surface area (Å²) in [5.41, 5.74) is 0.369. The van der Waals surface area contributed by atoms with Gasteiger partial charge in [0.2, 0.25) is 0 Å². The van der Waals surface area contributed by atoms with Gasteiger partial charge in [0.15, 0.2) is 11.6 Å². The third kappa shape index (κ3) is 2.71. The van der Waals surface area contributed by atoms with Crippen LogP contribution in [0.15, 0.2) is 29.0 Å². The van der Waals surface area contributed by atoms with E-state index in [2.05, 4.69) is 15.3 Å². The molecule has 0 spiro atoms. The average Bonchev–Trinajstić information content (AvgIpc) is 2.86. The van der Waals surface area contributed by atoms with Crippen molar-refractivity contribution in [1.82, 2.24) is 15.3 Å². The van der Waals surface area contributed by atoms with Gasteiger partial charge in [-0.2, -0.15) is 0 Å². The zero-order chi connectivity index (χ0) is 13.0. The Balaban J connectivity index is 1.98. The molecule has 0 atom stereocenters. The van der Waals surface area contributed by atoms with Crippen LogP contribution in [0, 0.1) is 5.82 Å². The predicted octanol–water partition coefficient (Wildman–Crippen LogP) is 1.70. The summed E-state index contributed by atoms with van der Waals surface area (Å²) in [5, 5.41) is 2.53. The van der Waals surface area contributed by atoms with E-state index < -0.39 is 11.7 Å². The summed E-state index contributed by atoms with van der Waals surface area (Å²) in [6, 6.07) is 2.78. The molecule has 94 valence electrons. The zero-order valence-electron chi connectivity index (χ0n) is 9.81. The summed E-state index contributed by atoms with van der Waals surface area (Å²) in [7, 11) is 0. The van der Waals surface area contributed by atoms with Crippen molar-refractivity contribution in [3.8, 4) is 0 Å². The highest BCUT2D eigenvalue weighted by Gasteiger charge is 2.12. The van der Waals surface area contributed by atoms with Crippen LogP contribution in [0.3, 0.4) is 0 Å². The molecule has 0 radical (unpaired) electrons. The molecule has 6 heteroatoms. The minimum Gasteiger partial charge on any atom is -0.448 e. The van der Waals surface area contributed by atoms with Gasteiger partial charge in [0.05, 0.1) is 12.2 Å². The fourth-order valence-electron chi connectivity index (χ4n) is 1.38. The first-order valence-corrected chi connectivity index (χ1v) is 5.52. The number of rotatable bonds is 4. The van der Waals surface area contributed by atoms with Crippen LogP contribution in [0.2, 0.25) is 0 Å². The van der Waals surface area contributed by atoms with E-state index in [1.807, 2.05) is 6.92 Å². The summed E-state index contributed by atoms with van der Waals surface area (Å²) < 4.78 is 18.3. The van der Waals surface area contributed by atoms with Gasteiger partial charge in [0.1, 0.15) is 12.1 Å². The largest absolute Gasteiger partial charge is 0.448 e. The van der Waals surface area contributed by atoms with Crippen molar-refractivity contribution in [2.45, 2.75) is 19.9 Å². The van der Waals surface area contributed by atoms with E-state index >= 15 is 0 Å². The summed E-state index contributed by atoms with van der Waals surface area (Å²) in [5.74, 6) is -0.375. The van der Waals surface area contributed by atoms with Gasteiger partial charge >= 0.3 is 0 Å². The first kappa shape index (κ1) is 12.2. The highest BCUT2D eigenvalue weighted by molar-refractivity contribution is 5.91. The summed E-state index contributed by atoms with van der Waals surface area (Å²) >= 11 is 0. The number of carbonyl (C=O) groups is 1. The molecule has 0 aliphatic heterocycles. The standard InChI is InChI=1S/C12H12FN3O2/c1-2-11-16-10(7-18-11)12(17)15-6-9-8(13)4-3-5-14-9/h3-5,7H,2,6H2,1H3,(H,15,17). The van der Waals surface area contributed by atoms with Gasteiger partial charge < -0.3 is 9.73 Å². The van der Waals surface area contributed by atoms with E-state index in [1.165, 1.54) is 24.6 Å². The lowest BCUT2D eigenvalue weighted by Gasteiger charge is -2.02. The molecule has 0 saturated heterocycles. The highest BCUT2D eigenvalue weighted by atomic mass is 19.1. The second kappa shape index (κ2) is 5.39. The van der Waals surface area contributed by atoms with Crippen LogP contribution in [-0.4, -0.2) is 15.9 Å². The Bertz CT molecular complexity index is 554. The summed E-state index contributed by atoms with van der Waals surface area (Å²) in [6.45, 7) is 1.89. The average molecular weight is 249 g/mol. The van der Waals surface area contributed by atoms with Crippen molar-refractivity contribution in [1.29, 1.82) is 0 Å². The van der Waals surface area contributed by atoms with E-state index in [0.717, 1.165) is 0 Å². The second-order valence-corrected chi connectivity index (χ2v) is 3.59. The molecule has 1 N–H and O–H groups in total. The topological polar surface area (TPSA) is 68.0 Å². The summed E-state index contributed by atoms with van der Waals surface area (Å²) in [6.07, 6.45) is 3.36. The first-order valence-electron chi connectivity index (χ1n) is 5.52. The molecular weight excluding hydrogens is 237 g/mol. The van der Waals surface area contributed by atoms with Gasteiger partial charge in [-0.3, -0.25) is 9.78 Å². The van der Waals surface area contributed by atoms with E-state index in [9.17, 15) is 9.18 Å². The molecular formula is C12H12FN3O2. The van der Waals surface area contributed by atoms with Crippen LogP contribution < -0.4 is 5.32 Å². The number of hydrogen-bond donors (Lipinski definition) is 1. The van der Waals surface area contributed by atoms with Crippen LogP contribution in [0.25, 0.3) is 0 Å².